The first-order valence-electron chi connectivity index (χ1n) is 3.84. The van der Waals surface area contributed by atoms with Crippen LogP contribution in [-0.2, 0) is 5.88 Å². The third kappa shape index (κ3) is 1.70. The minimum Gasteiger partial charge on any atom is -0.334 e. The summed E-state index contributed by atoms with van der Waals surface area (Å²) in [7, 11) is 0. The molecule has 3 nitrogen and oxygen atoms in total. The van der Waals surface area contributed by atoms with Gasteiger partial charge in [0.05, 0.1) is 5.88 Å². The van der Waals surface area contributed by atoms with Crippen molar-refractivity contribution in [3.8, 4) is 11.5 Å². The van der Waals surface area contributed by atoms with Gasteiger partial charge in [0.2, 0.25) is 0 Å². The summed E-state index contributed by atoms with van der Waals surface area (Å²) >= 11 is 5.54. The van der Waals surface area contributed by atoms with E-state index in [1.54, 1.807) is 0 Å². The van der Waals surface area contributed by atoms with Gasteiger partial charge in [-0.15, -0.1) is 11.6 Å². The molecule has 66 valence electrons. The highest BCUT2D eigenvalue weighted by molar-refractivity contribution is 6.16. The van der Waals surface area contributed by atoms with E-state index in [2.05, 4.69) is 10.1 Å². The van der Waals surface area contributed by atoms with Crippen LogP contribution in [0.5, 0.6) is 0 Å². The Morgan fingerprint density at radius 3 is 2.62 bits per heavy atom. The minimum absolute atomic E-state index is 0.274. The Morgan fingerprint density at radius 1 is 1.23 bits per heavy atom. The van der Waals surface area contributed by atoms with Gasteiger partial charge < -0.3 is 4.52 Å². The van der Waals surface area contributed by atoms with Crippen molar-refractivity contribution >= 4 is 11.6 Å². The van der Waals surface area contributed by atoms with Crippen LogP contribution in [0.15, 0.2) is 34.9 Å². The third-order valence-corrected chi connectivity index (χ3v) is 1.85. The SMILES string of the molecule is ClCc1noc(-c2ccccc2)n1. The molecule has 0 radical (unpaired) electrons. The zero-order valence-electron chi connectivity index (χ0n) is 6.77. The van der Waals surface area contributed by atoms with Gasteiger partial charge in [0.25, 0.3) is 5.89 Å². The lowest BCUT2D eigenvalue weighted by Crippen LogP contribution is -1.80. The Hall–Kier alpha value is -1.35. The molecule has 0 unspecified atom stereocenters. The fraction of sp³-hybridized carbons (Fsp3) is 0.111. The molecule has 0 saturated carbocycles. The highest BCUT2D eigenvalue weighted by atomic mass is 35.5. The second kappa shape index (κ2) is 3.58. The summed E-state index contributed by atoms with van der Waals surface area (Å²) in [5.74, 6) is 1.30. The van der Waals surface area contributed by atoms with Crippen molar-refractivity contribution in [2.75, 3.05) is 0 Å². The summed E-state index contributed by atoms with van der Waals surface area (Å²) in [6.07, 6.45) is 0. The van der Waals surface area contributed by atoms with E-state index in [-0.39, 0.29) is 5.88 Å². The van der Waals surface area contributed by atoms with Crippen LogP contribution in [0.25, 0.3) is 11.5 Å². The predicted molar refractivity (Wildman–Crippen MR) is 49.3 cm³/mol. The Bertz CT molecular complexity index is 386. The minimum atomic E-state index is 0.274. The molecule has 0 bridgehead atoms. The van der Waals surface area contributed by atoms with Crippen molar-refractivity contribution in [3.05, 3.63) is 36.2 Å². The molecule has 0 spiro atoms. The number of hydrogen-bond donors (Lipinski definition) is 0. The van der Waals surface area contributed by atoms with Crippen LogP contribution in [0, 0.1) is 0 Å². The normalized spacial score (nSPS) is 10.2. The molecule has 0 N–H and O–H groups in total. The first kappa shape index (κ1) is 8.26. The van der Waals surface area contributed by atoms with Gasteiger partial charge in [-0.3, -0.25) is 0 Å². The summed E-state index contributed by atoms with van der Waals surface area (Å²) in [4.78, 5) is 4.09. The van der Waals surface area contributed by atoms with Gasteiger partial charge in [-0.25, -0.2) is 0 Å². The quantitative estimate of drug-likeness (QED) is 0.690. The van der Waals surface area contributed by atoms with Crippen LogP contribution in [0.4, 0.5) is 0 Å². The maximum Gasteiger partial charge on any atom is 0.257 e. The van der Waals surface area contributed by atoms with Crippen LogP contribution in [0.1, 0.15) is 5.82 Å². The van der Waals surface area contributed by atoms with Crippen molar-refractivity contribution < 1.29 is 4.52 Å². The largest absolute Gasteiger partial charge is 0.334 e. The summed E-state index contributed by atoms with van der Waals surface area (Å²) in [5, 5.41) is 3.69. The average Bonchev–Trinajstić information content (AvgIpc) is 2.67. The van der Waals surface area contributed by atoms with E-state index in [1.807, 2.05) is 30.3 Å². The highest BCUT2D eigenvalue weighted by Gasteiger charge is 2.06. The molecule has 0 aliphatic heterocycles. The molecule has 2 aromatic rings. The molecule has 0 atom stereocenters. The molecule has 0 fully saturated rings. The van der Waals surface area contributed by atoms with Crippen LogP contribution in [-0.4, -0.2) is 10.1 Å². The van der Waals surface area contributed by atoms with Crippen LogP contribution in [0.2, 0.25) is 0 Å². The number of rotatable bonds is 2. The summed E-state index contributed by atoms with van der Waals surface area (Å²) in [6, 6.07) is 9.58. The molecule has 0 aliphatic carbocycles. The fourth-order valence-corrected chi connectivity index (χ4v) is 1.11. The smallest absolute Gasteiger partial charge is 0.257 e. The Balaban J connectivity index is 2.36. The van der Waals surface area contributed by atoms with Crippen molar-refractivity contribution in [3.63, 3.8) is 0 Å². The van der Waals surface area contributed by atoms with Gasteiger partial charge in [-0.1, -0.05) is 23.4 Å². The van der Waals surface area contributed by atoms with E-state index in [0.29, 0.717) is 11.7 Å². The lowest BCUT2D eigenvalue weighted by atomic mass is 10.2. The van der Waals surface area contributed by atoms with Crippen molar-refractivity contribution in [1.82, 2.24) is 10.1 Å². The van der Waals surface area contributed by atoms with Crippen molar-refractivity contribution in [1.29, 1.82) is 0 Å². The zero-order chi connectivity index (χ0) is 9.10. The van der Waals surface area contributed by atoms with Crippen molar-refractivity contribution in [2.45, 2.75) is 5.88 Å². The van der Waals surface area contributed by atoms with E-state index >= 15 is 0 Å². The van der Waals surface area contributed by atoms with Gasteiger partial charge in [-0.05, 0) is 12.1 Å². The summed E-state index contributed by atoms with van der Waals surface area (Å²) in [5.41, 5.74) is 0.909. The highest BCUT2D eigenvalue weighted by Crippen LogP contribution is 2.16. The zero-order valence-corrected chi connectivity index (χ0v) is 7.53. The standard InChI is InChI=1S/C9H7ClN2O/c10-6-8-11-9(13-12-8)7-4-2-1-3-5-7/h1-5H,6H2. The van der Waals surface area contributed by atoms with Crippen LogP contribution in [0.3, 0.4) is 0 Å². The number of halogens is 1. The second-order valence-electron chi connectivity index (χ2n) is 2.52. The van der Waals surface area contributed by atoms with Gasteiger partial charge in [0.1, 0.15) is 0 Å². The molecule has 4 heteroatoms. The topological polar surface area (TPSA) is 38.9 Å². The molecular weight excluding hydrogens is 188 g/mol. The first-order valence-corrected chi connectivity index (χ1v) is 4.37. The van der Waals surface area contributed by atoms with E-state index in [9.17, 15) is 0 Å². The maximum atomic E-state index is 5.54. The molecule has 1 heterocycles. The molecule has 13 heavy (non-hydrogen) atoms. The predicted octanol–water partition coefficient (Wildman–Crippen LogP) is 2.48. The average molecular weight is 195 g/mol. The monoisotopic (exact) mass is 194 g/mol. The van der Waals surface area contributed by atoms with Crippen LogP contribution >= 0.6 is 11.6 Å². The fourth-order valence-electron chi connectivity index (χ4n) is 1.01. The molecule has 1 aromatic carbocycles. The van der Waals surface area contributed by atoms with E-state index in [0.717, 1.165) is 5.56 Å². The maximum absolute atomic E-state index is 5.54. The Labute approximate surface area is 80.3 Å². The molecule has 1 aromatic heterocycles. The van der Waals surface area contributed by atoms with Gasteiger partial charge in [0, 0.05) is 5.56 Å². The first-order chi connectivity index (χ1) is 6.40. The number of alkyl halides is 1. The second-order valence-corrected chi connectivity index (χ2v) is 2.78. The van der Waals surface area contributed by atoms with E-state index < -0.39 is 0 Å². The number of benzene rings is 1. The van der Waals surface area contributed by atoms with Gasteiger partial charge >= 0.3 is 0 Å². The number of nitrogens with zero attached hydrogens (tertiary/aromatic N) is 2. The van der Waals surface area contributed by atoms with E-state index in [1.165, 1.54) is 0 Å². The third-order valence-electron chi connectivity index (χ3n) is 1.61. The number of hydrogen-bond acceptors (Lipinski definition) is 3. The van der Waals surface area contributed by atoms with Gasteiger partial charge in [0.15, 0.2) is 5.82 Å². The number of aromatic nitrogens is 2. The lowest BCUT2D eigenvalue weighted by molar-refractivity contribution is 0.425. The Morgan fingerprint density at radius 2 is 2.00 bits per heavy atom. The van der Waals surface area contributed by atoms with Crippen LogP contribution < -0.4 is 0 Å². The summed E-state index contributed by atoms with van der Waals surface area (Å²) < 4.78 is 5.00. The molecule has 0 saturated heterocycles. The van der Waals surface area contributed by atoms with E-state index in [4.69, 9.17) is 16.1 Å². The Kier molecular flexibility index (Phi) is 2.27. The molecule has 0 aliphatic rings. The molecule has 0 amide bonds. The lowest BCUT2D eigenvalue weighted by Gasteiger charge is -1.89. The van der Waals surface area contributed by atoms with Crippen molar-refractivity contribution in [2.24, 2.45) is 0 Å². The molecular formula is C9H7ClN2O. The molecule has 2 rings (SSSR count). The van der Waals surface area contributed by atoms with Gasteiger partial charge in [-0.2, -0.15) is 4.98 Å². The summed E-state index contributed by atoms with van der Waals surface area (Å²) in [6.45, 7) is 0.